The molecule has 0 saturated carbocycles. The van der Waals surface area contributed by atoms with Crippen molar-refractivity contribution in [1.29, 1.82) is 0 Å². The molecule has 100 valence electrons. The Morgan fingerprint density at radius 2 is 2.28 bits per heavy atom. The zero-order valence-electron chi connectivity index (χ0n) is 9.34. The summed E-state index contributed by atoms with van der Waals surface area (Å²) >= 11 is 0. The van der Waals surface area contributed by atoms with E-state index in [0.717, 1.165) is 4.57 Å². The first-order valence-corrected chi connectivity index (χ1v) is 5.69. The Bertz CT molecular complexity index is 482. The number of nitrogens with two attached hydrogens (primary N) is 1. The zero-order valence-corrected chi connectivity index (χ0v) is 10.5. The zero-order chi connectivity index (χ0) is 13.3. The molecular formula is C9H14N3O5P. The van der Waals surface area contributed by atoms with Crippen LogP contribution >= 0.6 is 9.47 Å². The van der Waals surface area contributed by atoms with Crippen LogP contribution in [0.15, 0.2) is 17.1 Å². The minimum absolute atomic E-state index is 0.0779. The highest BCUT2D eigenvalue weighted by Gasteiger charge is 2.44. The van der Waals surface area contributed by atoms with Gasteiger partial charge in [0.2, 0.25) is 0 Å². The van der Waals surface area contributed by atoms with Crippen molar-refractivity contribution < 1.29 is 19.5 Å². The number of nitrogens with zero attached hydrogens (tertiary/aromatic N) is 2. The van der Waals surface area contributed by atoms with Crippen LogP contribution in [0.3, 0.4) is 0 Å². The second-order valence-corrected chi connectivity index (χ2v) is 4.26. The van der Waals surface area contributed by atoms with E-state index < -0.39 is 30.2 Å². The van der Waals surface area contributed by atoms with Gasteiger partial charge >= 0.3 is 5.69 Å². The molecule has 0 amide bonds. The minimum atomic E-state index is -1.24. The number of rotatable bonds is 3. The van der Waals surface area contributed by atoms with Gasteiger partial charge in [-0.05, 0) is 6.07 Å². The monoisotopic (exact) mass is 275 g/mol. The van der Waals surface area contributed by atoms with Gasteiger partial charge in [-0.25, -0.2) is 4.79 Å². The van der Waals surface area contributed by atoms with Crippen LogP contribution in [0.25, 0.3) is 0 Å². The largest absolute Gasteiger partial charge is 0.387 e. The summed E-state index contributed by atoms with van der Waals surface area (Å²) in [6.07, 6.45) is -2.74. The fourth-order valence-corrected chi connectivity index (χ4v) is 2.00. The van der Waals surface area contributed by atoms with Gasteiger partial charge in [-0.2, -0.15) is 4.98 Å². The van der Waals surface area contributed by atoms with Gasteiger partial charge in [0.15, 0.2) is 6.23 Å². The third kappa shape index (κ3) is 2.38. The normalized spacial score (nSPS) is 31.7. The first-order chi connectivity index (χ1) is 8.54. The second-order valence-electron chi connectivity index (χ2n) is 3.92. The van der Waals surface area contributed by atoms with Crippen LogP contribution in [0.1, 0.15) is 6.23 Å². The van der Waals surface area contributed by atoms with Crippen molar-refractivity contribution in [2.75, 3.05) is 12.3 Å². The predicted molar refractivity (Wildman–Crippen MR) is 64.5 cm³/mol. The van der Waals surface area contributed by atoms with Crippen LogP contribution in [0.4, 0.5) is 5.82 Å². The van der Waals surface area contributed by atoms with Gasteiger partial charge in [0.25, 0.3) is 0 Å². The van der Waals surface area contributed by atoms with Crippen molar-refractivity contribution in [1.82, 2.24) is 9.55 Å². The van der Waals surface area contributed by atoms with E-state index in [2.05, 4.69) is 4.98 Å². The molecule has 0 aliphatic carbocycles. The molecule has 1 fully saturated rings. The van der Waals surface area contributed by atoms with Crippen molar-refractivity contribution in [3.05, 3.63) is 22.7 Å². The molecule has 0 aromatic carbocycles. The molecule has 2 unspecified atom stereocenters. The molecule has 2 rings (SSSR count). The van der Waals surface area contributed by atoms with Crippen LogP contribution in [-0.2, 0) is 9.26 Å². The lowest BCUT2D eigenvalue weighted by molar-refractivity contribution is -0.0497. The van der Waals surface area contributed by atoms with Gasteiger partial charge in [0.1, 0.15) is 24.1 Å². The predicted octanol–water partition coefficient (Wildman–Crippen LogP) is -1.75. The van der Waals surface area contributed by atoms with Crippen LogP contribution in [0.2, 0.25) is 0 Å². The fourth-order valence-electron chi connectivity index (χ4n) is 1.81. The van der Waals surface area contributed by atoms with E-state index in [1.807, 2.05) is 9.47 Å². The van der Waals surface area contributed by atoms with E-state index in [0.29, 0.717) is 0 Å². The summed E-state index contributed by atoms with van der Waals surface area (Å²) < 4.78 is 11.2. The number of nitrogen functional groups attached to an aromatic ring is 1. The Labute approximate surface area is 105 Å². The average molecular weight is 275 g/mol. The van der Waals surface area contributed by atoms with Crippen LogP contribution in [0.5, 0.6) is 0 Å². The highest BCUT2D eigenvalue weighted by molar-refractivity contribution is 7.09. The number of hydrogen-bond acceptors (Lipinski definition) is 7. The van der Waals surface area contributed by atoms with E-state index in [1.54, 1.807) is 0 Å². The first kappa shape index (κ1) is 13.4. The third-order valence-electron chi connectivity index (χ3n) is 2.72. The highest BCUT2D eigenvalue weighted by atomic mass is 31.0. The lowest BCUT2D eigenvalue weighted by Gasteiger charge is -2.16. The fraction of sp³-hybridized carbons (Fsp3) is 0.556. The van der Waals surface area contributed by atoms with Gasteiger partial charge in [-0.3, -0.25) is 4.57 Å². The topological polar surface area (TPSA) is 120 Å². The Kier molecular flexibility index (Phi) is 3.94. The van der Waals surface area contributed by atoms with E-state index in [4.69, 9.17) is 15.0 Å². The SMILES string of the molecule is Nc1ccn([C@@H]2O[C@H](COP)C(O)[C@H]2O)c(=O)n1. The second kappa shape index (κ2) is 5.29. The molecule has 1 aromatic rings. The summed E-state index contributed by atoms with van der Waals surface area (Å²) in [6, 6.07) is 1.41. The van der Waals surface area contributed by atoms with E-state index in [1.165, 1.54) is 12.3 Å². The van der Waals surface area contributed by atoms with Gasteiger partial charge in [0, 0.05) is 15.7 Å². The summed E-state index contributed by atoms with van der Waals surface area (Å²) in [5.74, 6) is 0.0779. The van der Waals surface area contributed by atoms with Crippen LogP contribution in [-0.4, -0.2) is 44.7 Å². The lowest BCUT2D eigenvalue weighted by atomic mass is 10.1. The van der Waals surface area contributed by atoms with Crippen molar-refractivity contribution in [2.45, 2.75) is 24.5 Å². The maximum absolute atomic E-state index is 11.6. The Morgan fingerprint density at radius 1 is 1.56 bits per heavy atom. The Morgan fingerprint density at radius 3 is 2.89 bits per heavy atom. The number of anilines is 1. The van der Waals surface area contributed by atoms with Gasteiger partial charge in [-0.1, -0.05) is 0 Å². The molecule has 9 heteroatoms. The molecule has 1 aliphatic rings. The average Bonchev–Trinajstić information content (AvgIpc) is 2.58. The van der Waals surface area contributed by atoms with E-state index >= 15 is 0 Å². The summed E-state index contributed by atoms with van der Waals surface area (Å²) in [5, 5.41) is 19.6. The molecule has 0 radical (unpaired) electrons. The molecule has 1 saturated heterocycles. The van der Waals surface area contributed by atoms with Crippen molar-refractivity contribution >= 4 is 15.3 Å². The maximum Gasteiger partial charge on any atom is 0.351 e. The number of aliphatic hydroxyl groups excluding tert-OH is 2. The van der Waals surface area contributed by atoms with Crippen molar-refractivity contribution in [3.8, 4) is 0 Å². The molecule has 2 heterocycles. The molecule has 5 atom stereocenters. The summed E-state index contributed by atoms with van der Waals surface area (Å²) in [7, 11) is 2.02. The molecular weight excluding hydrogens is 261 g/mol. The molecule has 0 spiro atoms. The van der Waals surface area contributed by atoms with Gasteiger partial charge in [-0.15, -0.1) is 0 Å². The smallest absolute Gasteiger partial charge is 0.351 e. The number of aromatic nitrogens is 2. The van der Waals surface area contributed by atoms with Crippen LogP contribution < -0.4 is 11.4 Å². The quantitative estimate of drug-likeness (QED) is 0.559. The van der Waals surface area contributed by atoms with Gasteiger partial charge < -0.3 is 25.2 Å². The highest BCUT2D eigenvalue weighted by Crippen LogP contribution is 2.28. The van der Waals surface area contributed by atoms with E-state index in [9.17, 15) is 15.0 Å². The lowest BCUT2D eigenvalue weighted by Crippen LogP contribution is -2.36. The van der Waals surface area contributed by atoms with Crippen molar-refractivity contribution in [3.63, 3.8) is 0 Å². The molecule has 1 aliphatic heterocycles. The summed E-state index contributed by atoms with van der Waals surface area (Å²) in [5.41, 5.74) is 4.71. The molecule has 18 heavy (non-hydrogen) atoms. The number of ether oxygens (including phenoxy) is 1. The van der Waals surface area contributed by atoms with Crippen LogP contribution in [0, 0.1) is 0 Å². The van der Waals surface area contributed by atoms with Gasteiger partial charge in [0.05, 0.1) is 6.61 Å². The Hall–Kier alpha value is -1.05. The number of hydrogen-bond donors (Lipinski definition) is 3. The number of aliphatic hydroxyl groups is 2. The summed E-state index contributed by atoms with van der Waals surface area (Å²) in [6.45, 7) is 0.0799. The maximum atomic E-state index is 11.6. The third-order valence-corrected chi connectivity index (χ3v) is 2.92. The van der Waals surface area contributed by atoms with E-state index in [-0.39, 0.29) is 12.4 Å². The Balaban J connectivity index is 2.26. The van der Waals surface area contributed by atoms with Crippen molar-refractivity contribution in [2.24, 2.45) is 0 Å². The molecule has 4 N–H and O–H groups in total. The first-order valence-electron chi connectivity index (χ1n) is 5.22. The molecule has 0 bridgehead atoms. The minimum Gasteiger partial charge on any atom is -0.387 e. The standard InChI is InChI=1S/C9H14N3O5P/c10-5-1-2-12(9(15)11-5)8-7(14)6(13)4(17-8)3-16-18/h1-2,4,6-8,13-14H,3,18H2,(H2,10,11,15)/t4-,6?,7-,8-/m1/s1. The molecule has 8 nitrogen and oxygen atoms in total. The summed E-state index contributed by atoms with van der Waals surface area (Å²) in [4.78, 5) is 15.1. The molecule has 1 aromatic heterocycles.